The van der Waals surface area contributed by atoms with Crippen LogP contribution in [0.1, 0.15) is 59.6 Å². The first-order valence-corrected chi connectivity index (χ1v) is 9.27. The predicted octanol–water partition coefficient (Wildman–Crippen LogP) is 5.28. The van der Waals surface area contributed by atoms with Crippen molar-refractivity contribution in [3.63, 3.8) is 0 Å². The fraction of sp³-hybridized carbons (Fsp3) is 0.619. The van der Waals surface area contributed by atoms with Gasteiger partial charge in [-0.05, 0) is 39.0 Å². The number of carbonyl (C=O) groups excluding carboxylic acids is 1. The summed E-state index contributed by atoms with van der Waals surface area (Å²) in [5.41, 5.74) is -3.26. The van der Waals surface area contributed by atoms with E-state index in [-0.39, 0.29) is 11.8 Å². The lowest BCUT2D eigenvalue weighted by atomic mass is 9.49. The third-order valence-corrected chi connectivity index (χ3v) is 5.17. The number of carbonyl (C=O) groups is 1. The molecule has 0 aliphatic heterocycles. The Morgan fingerprint density at radius 1 is 1.14 bits per heavy atom. The van der Waals surface area contributed by atoms with Crippen LogP contribution in [0.3, 0.4) is 0 Å². The highest BCUT2D eigenvalue weighted by Gasteiger charge is 2.64. The van der Waals surface area contributed by atoms with Gasteiger partial charge in [0.25, 0.3) is 0 Å². The Morgan fingerprint density at radius 2 is 1.69 bits per heavy atom. The Hall–Kier alpha value is -2.43. The van der Waals surface area contributed by atoms with Gasteiger partial charge in [-0.3, -0.25) is 0 Å². The third-order valence-electron chi connectivity index (χ3n) is 5.17. The third kappa shape index (κ3) is 4.60. The van der Waals surface area contributed by atoms with Crippen molar-refractivity contribution in [2.75, 3.05) is 0 Å². The lowest BCUT2D eigenvalue weighted by molar-refractivity contribution is -0.167. The van der Waals surface area contributed by atoms with Gasteiger partial charge < -0.3 is 14.8 Å². The zero-order valence-corrected chi connectivity index (χ0v) is 17.7. The van der Waals surface area contributed by atoms with Gasteiger partial charge >= 0.3 is 12.3 Å². The van der Waals surface area contributed by atoms with Crippen LogP contribution in [-0.2, 0) is 10.9 Å². The summed E-state index contributed by atoms with van der Waals surface area (Å²) in [6, 6.07) is 4.55. The Labute approximate surface area is 169 Å². The molecule has 5 nitrogen and oxygen atoms in total. The van der Waals surface area contributed by atoms with Crippen LogP contribution in [0.15, 0.2) is 18.2 Å². The molecule has 1 aliphatic carbocycles. The van der Waals surface area contributed by atoms with Gasteiger partial charge in [0.1, 0.15) is 17.5 Å². The zero-order chi connectivity index (χ0) is 22.4. The van der Waals surface area contributed by atoms with Crippen LogP contribution in [0, 0.1) is 22.2 Å². The number of hydrogen-bond acceptors (Lipinski definition) is 4. The molecule has 2 rings (SSSR count). The molecule has 1 saturated carbocycles. The van der Waals surface area contributed by atoms with Crippen molar-refractivity contribution >= 4 is 6.09 Å². The van der Waals surface area contributed by atoms with Gasteiger partial charge in [0.2, 0.25) is 0 Å². The minimum Gasteiger partial charge on any atom is -0.489 e. The van der Waals surface area contributed by atoms with Crippen molar-refractivity contribution in [3.05, 3.63) is 29.3 Å². The second-order valence-corrected chi connectivity index (χ2v) is 9.54. The lowest BCUT2D eigenvalue weighted by Gasteiger charge is -2.62. The van der Waals surface area contributed by atoms with Crippen LogP contribution in [0.5, 0.6) is 5.75 Å². The second-order valence-electron chi connectivity index (χ2n) is 9.54. The molecule has 0 aromatic heterocycles. The maximum absolute atomic E-state index is 13.2. The summed E-state index contributed by atoms with van der Waals surface area (Å²) in [5.74, 6) is 0.0261. The number of ether oxygens (including phenoxy) is 2. The quantitative estimate of drug-likeness (QED) is 0.733. The van der Waals surface area contributed by atoms with Crippen LogP contribution in [0.25, 0.3) is 0 Å². The van der Waals surface area contributed by atoms with Gasteiger partial charge in [-0.2, -0.15) is 18.4 Å². The molecule has 8 heteroatoms. The van der Waals surface area contributed by atoms with E-state index in [1.807, 2.05) is 27.7 Å². The first-order chi connectivity index (χ1) is 13.0. The SMILES string of the molecule is CC(C)(C)OC(=O)N[C@H]1C(C)(C)[C@H](Oc2ccc(C#N)c(C(F)(F)F)c2)C1(C)C. The summed E-state index contributed by atoms with van der Waals surface area (Å²) in [6.07, 6.45) is -5.68. The maximum atomic E-state index is 13.2. The van der Waals surface area contributed by atoms with E-state index in [1.165, 1.54) is 6.07 Å². The molecule has 1 aromatic carbocycles. The highest BCUT2D eigenvalue weighted by Crippen LogP contribution is 2.55. The van der Waals surface area contributed by atoms with E-state index in [9.17, 15) is 18.0 Å². The van der Waals surface area contributed by atoms with E-state index in [0.29, 0.717) is 0 Å². The number of nitriles is 1. The monoisotopic (exact) mass is 412 g/mol. The first kappa shape index (κ1) is 22.9. The number of benzene rings is 1. The van der Waals surface area contributed by atoms with Gasteiger partial charge in [-0.25, -0.2) is 4.79 Å². The molecule has 160 valence electrons. The van der Waals surface area contributed by atoms with Crippen LogP contribution >= 0.6 is 0 Å². The van der Waals surface area contributed by atoms with Crippen molar-refractivity contribution in [3.8, 4) is 11.8 Å². The van der Waals surface area contributed by atoms with Gasteiger partial charge in [-0.1, -0.05) is 27.7 Å². The number of nitrogens with zero attached hydrogens (tertiary/aromatic N) is 1. The van der Waals surface area contributed by atoms with Gasteiger partial charge in [0, 0.05) is 16.9 Å². The van der Waals surface area contributed by atoms with Gasteiger partial charge in [-0.15, -0.1) is 0 Å². The number of rotatable bonds is 3. The summed E-state index contributed by atoms with van der Waals surface area (Å²) in [5, 5.41) is 11.8. The van der Waals surface area contributed by atoms with Crippen LogP contribution in [-0.4, -0.2) is 23.8 Å². The van der Waals surface area contributed by atoms with Gasteiger partial charge in [0.15, 0.2) is 0 Å². The molecule has 29 heavy (non-hydrogen) atoms. The molecule has 1 N–H and O–H groups in total. The molecule has 0 bridgehead atoms. The van der Waals surface area contributed by atoms with Crippen LogP contribution in [0.2, 0.25) is 0 Å². The standard InChI is InChI=1S/C21H27F3N2O3/c1-18(2,3)29-17(27)26-15-19(4,5)16(20(15,6)7)28-13-9-8-12(11-25)14(10-13)21(22,23)24/h8-10,15-16H,1-7H3,(H,26,27)/t15-,16-. The van der Waals surface area contributed by atoms with E-state index >= 15 is 0 Å². The van der Waals surface area contributed by atoms with Crippen molar-refractivity contribution in [2.45, 2.75) is 72.4 Å². The first-order valence-electron chi connectivity index (χ1n) is 9.27. The number of nitrogens with one attached hydrogen (secondary N) is 1. The molecular weight excluding hydrogens is 385 g/mol. The molecule has 1 amide bonds. The van der Waals surface area contributed by atoms with Gasteiger partial charge in [0.05, 0.1) is 17.2 Å². The van der Waals surface area contributed by atoms with Crippen molar-refractivity contribution in [2.24, 2.45) is 10.8 Å². The summed E-state index contributed by atoms with van der Waals surface area (Å²) in [4.78, 5) is 12.2. The van der Waals surface area contributed by atoms with E-state index in [4.69, 9.17) is 14.7 Å². The van der Waals surface area contributed by atoms with E-state index in [1.54, 1.807) is 26.8 Å². The highest BCUT2D eigenvalue weighted by atomic mass is 19.4. The molecule has 1 aliphatic rings. The van der Waals surface area contributed by atoms with Crippen LogP contribution < -0.4 is 10.1 Å². The Bertz CT molecular complexity index is 817. The van der Waals surface area contributed by atoms with Crippen molar-refractivity contribution in [1.29, 1.82) is 5.26 Å². The lowest BCUT2D eigenvalue weighted by Crippen LogP contribution is -2.74. The summed E-state index contributed by atoms with van der Waals surface area (Å²) >= 11 is 0. The normalized spacial score (nSPS) is 22.8. The summed E-state index contributed by atoms with van der Waals surface area (Å²) in [7, 11) is 0. The number of amides is 1. The number of hydrogen-bond donors (Lipinski definition) is 1. The molecular formula is C21H27F3N2O3. The van der Waals surface area contributed by atoms with Crippen LogP contribution in [0.4, 0.5) is 18.0 Å². The smallest absolute Gasteiger partial charge is 0.417 e. The topological polar surface area (TPSA) is 71.3 Å². The number of alkyl halides is 3. The molecule has 0 saturated heterocycles. The summed E-state index contributed by atoms with van der Waals surface area (Å²) < 4.78 is 50.9. The van der Waals surface area contributed by atoms with Crippen molar-refractivity contribution < 1.29 is 27.4 Å². The molecule has 1 aromatic rings. The zero-order valence-electron chi connectivity index (χ0n) is 17.7. The molecule has 1 fully saturated rings. The van der Waals surface area contributed by atoms with E-state index in [0.717, 1.165) is 12.1 Å². The Kier molecular flexibility index (Phi) is 5.61. The number of alkyl carbamates (subject to hydrolysis) is 1. The molecule has 0 unspecified atom stereocenters. The fourth-order valence-corrected chi connectivity index (χ4v) is 4.29. The van der Waals surface area contributed by atoms with E-state index in [2.05, 4.69) is 5.32 Å². The Balaban J connectivity index is 2.23. The molecule has 0 spiro atoms. The summed E-state index contributed by atoms with van der Waals surface area (Å²) in [6.45, 7) is 12.8. The maximum Gasteiger partial charge on any atom is 0.417 e. The van der Waals surface area contributed by atoms with Crippen molar-refractivity contribution in [1.82, 2.24) is 5.32 Å². The Morgan fingerprint density at radius 3 is 2.14 bits per heavy atom. The largest absolute Gasteiger partial charge is 0.489 e. The molecule has 0 atom stereocenters. The predicted molar refractivity (Wildman–Crippen MR) is 101 cm³/mol. The second kappa shape index (κ2) is 7.12. The average Bonchev–Trinajstić information content (AvgIpc) is 2.54. The molecule has 0 heterocycles. The number of halogens is 3. The molecule has 0 radical (unpaired) electrons. The minimum absolute atomic E-state index is 0.0261. The van der Waals surface area contributed by atoms with E-state index < -0.39 is 45.9 Å². The fourth-order valence-electron chi connectivity index (χ4n) is 4.29. The highest BCUT2D eigenvalue weighted by molar-refractivity contribution is 5.68. The minimum atomic E-state index is -4.66. The average molecular weight is 412 g/mol.